The second kappa shape index (κ2) is 12.0. The largest absolute Gasteiger partial charge is 0.455 e. The van der Waals surface area contributed by atoms with E-state index in [0.29, 0.717) is 5.84 Å². The number of para-hydroxylation sites is 1. The number of aliphatic imine (C=N–C) groups is 2. The minimum atomic E-state index is -0.408. The molecule has 0 spiro atoms. The molecule has 8 aromatic carbocycles. The SMILES string of the molecule is c1ccc(C2=NC(c3ccc4cc(-c5ccccc5)ccc4c3)=NC(c3ccc(-c4cccc5ccccc45)c4oc5ccccc5c34)N2)cc1. The Morgan fingerprint density at radius 2 is 1.14 bits per heavy atom. The van der Waals surface area contributed by atoms with Crippen molar-refractivity contribution in [1.82, 2.24) is 5.32 Å². The summed E-state index contributed by atoms with van der Waals surface area (Å²) in [6.45, 7) is 0. The van der Waals surface area contributed by atoms with Crippen LogP contribution in [0.15, 0.2) is 190 Å². The highest BCUT2D eigenvalue weighted by atomic mass is 16.3. The molecule has 0 saturated heterocycles. The van der Waals surface area contributed by atoms with Crippen LogP contribution in [0.1, 0.15) is 22.9 Å². The average molecular weight is 654 g/mol. The van der Waals surface area contributed by atoms with Gasteiger partial charge in [0.2, 0.25) is 0 Å². The summed E-state index contributed by atoms with van der Waals surface area (Å²) in [5.41, 5.74) is 9.31. The Morgan fingerprint density at radius 1 is 0.471 bits per heavy atom. The molecule has 1 aromatic heterocycles. The highest BCUT2D eigenvalue weighted by Crippen LogP contribution is 2.42. The molecule has 1 aliphatic heterocycles. The Kier molecular flexibility index (Phi) is 6.85. The first-order valence-electron chi connectivity index (χ1n) is 17.3. The second-order valence-electron chi connectivity index (χ2n) is 13.0. The second-order valence-corrected chi connectivity index (χ2v) is 13.0. The molecule has 0 amide bonds. The molecule has 2 heterocycles. The number of fused-ring (bicyclic) bond motifs is 5. The van der Waals surface area contributed by atoms with Crippen LogP contribution in [0.25, 0.3) is 65.7 Å². The summed E-state index contributed by atoms with van der Waals surface area (Å²) in [7, 11) is 0. The number of nitrogens with one attached hydrogen (secondary N) is 1. The number of hydrogen-bond acceptors (Lipinski definition) is 4. The van der Waals surface area contributed by atoms with Gasteiger partial charge in [0, 0.05) is 33.0 Å². The Morgan fingerprint density at radius 3 is 1.96 bits per heavy atom. The van der Waals surface area contributed by atoms with Crippen molar-refractivity contribution in [3.05, 3.63) is 193 Å². The van der Waals surface area contributed by atoms with Crippen LogP contribution in [0.4, 0.5) is 0 Å². The zero-order chi connectivity index (χ0) is 33.7. The highest BCUT2D eigenvalue weighted by Gasteiger charge is 2.26. The van der Waals surface area contributed by atoms with Crippen LogP contribution >= 0.6 is 0 Å². The number of benzene rings is 8. The molecule has 1 aliphatic rings. The van der Waals surface area contributed by atoms with E-state index < -0.39 is 6.17 Å². The molecule has 0 bridgehead atoms. The molecule has 0 saturated carbocycles. The van der Waals surface area contributed by atoms with Crippen molar-refractivity contribution < 1.29 is 4.42 Å². The maximum absolute atomic E-state index is 6.72. The van der Waals surface area contributed by atoms with Crippen LogP contribution in [0.3, 0.4) is 0 Å². The first kappa shape index (κ1) is 29.2. The van der Waals surface area contributed by atoms with Gasteiger partial charge in [0.05, 0.1) is 0 Å². The fourth-order valence-corrected chi connectivity index (χ4v) is 7.43. The summed E-state index contributed by atoms with van der Waals surface area (Å²) >= 11 is 0. The first-order valence-corrected chi connectivity index (χ1v) is 17.3. The zero-order valence-corrected chi connectivity index (χ0v) is 27.6. The summed E-state index contributed by atoms with van der Waals surface area (Å²) in [6.07, 6.45) is -0.408. The fourth-order valence-electron chi connectivity index (χ4n) is 7.43. The van der Waals surface area contributed by atoms with Gasteiger partial charge in [0.25, 0.3) is 0 Å². The van der Waals surface area contributed by atoms with Gasteiger partial charge < -0.3 is 9.73 Å². The molecule has 0 aliphatic carbocycles. The normalized spacial score (nSPS) is 14.5. The molecule has 9 aromatic rings. The van der Waals surface area contributed by atoms with E-state index in [1.54, 1.807) is 0 Å². The van der Waals surface area contributed by atoms with Crippen molar-refractivity contribution in [2.45, 2.75) is 6.17 Å². The van der Waals surface area contributed by atoms with Crippen LogP contribution in [0.2, 0.25) is 0 Å². The Hall–Kier alpha value is -6.78. The molecule has 1 unspecified atom stereocenters. The maximum atomic E-state index is 6.72. The predicted molar refractivity (Wildman–Crippen MR) is 211 cm³/mol. The van der Waals surface area contributed by atoms with Crippen molar-refractivity contribution in [3.63, 3.8) is 0 Å². The molecule has 51 heavy (non-hydrogen) atoms. The van der Waals surface area contributed by atoms with Crippen molar-refractivity contribution in [2.24, 2.45) is 9.98 Å². The van der Waals surface area contributed by atoms with Crippen LogP contribution in [0.5, 0.6) is 0 Å². The first-order chi connectivity index (χ1) is 25.3. The summed E-state index contributed by atoms with van der Waals surface area (Å²) in [5.74, 6) is 1.47. The third-order valence-electron chi connectivity index (χ3n) is 9.93. The van der Waals surface area contributed by atoms with Gasteiger partial charge in [0.1, 0.15) is 23.2 Å². The van der Waals surface area contributed by atoms with Crippen LogP contribution < -0.4 is 5.32 Å². The number of hydrogen-bond donors (Lipinski definition) is 1. The third kappa shape index (κ3) is 5.08. The lowest BCUT2D eigenvalue weighted by atomic mass is 9.93. The van der Waals surface area contributed by atoms with Gasteiger partial charge in [-0.15, -0.1) is 0 Å². The highest BCUT2D eigenvalue weighted by molar-refractivity contribution is 6.16. The van der Waals surface area contributed by atoms with E-state index in [1.165, 1.54) is 27.3 Å². The molecule has 0 radical (unpaired) electrons. The van der Waals surface area contributed by atoms with Gasteiger partial charge in [-0.1, -0.05) is 158 Å². The monoisotopic (exact) mass is 653 g/mol. The number of furan rings is 1. The van der Waals surface area contributed by atoms with Gasteiger partial charge in [-0.05, 0) is 56.4 Å². The van der Waals surface area contributed by atoms with E-state index in [-0.39, 0.29) is 0 Å². The number of nitrogens with zero attached hydrogens (tertiary/aromatic N) is 2. The lowest BCUT2D eigenvalue weighted by molar-refractivity contribution is 0.663. The molecular weight excluding hydrogens is 623 g/mol. The van der Waals surface area contributed by atoms with Crippen molar-refractivity contribution in [3.8, 4) is 22.3 Å². The third-order valence-corrected chi connectivity index (χ3v) is 9.93. The standard InChI is InChI=1S/C47H31N3O/c1-3-12-30(13-4-1)33-22-23-35-29-36(25-24-34(35)28-33)46-48-45(32-15-5-2-6-16-32)49-47(50-46)41-27-26-39(38-20-11-17-31-14-7-8-18-37(31)38)44-43(41)40-19-9-10-21-42(40)51-44/h1-29,47H,(H,48,49,50). The number of rotatable bonds is 5. The molecule has 240 valence electrons. The van der Waals surface area contributed by atoms with Gasteiger partial charge in [-0.3, -0.25) is 0 Å². The van der Waals surface area contributed by atoms with E-state index in [9.17, 15) is 0 Å². The van der Waals surface area contributed by atoms with Crippen LogP contribution in [0, 0.1) is 0 Å². The zero-order valence-electron chi connectivity index (χ0n) is 27.6. The Balaban J connectivity index is 1.14. The van der Waals surface area contributed by atoms with Crippen molar-refractivity contribution in [1.29, 1.82) is 0 Å². The van der Waals surface area contributed by atoms with Crippen LogP contribution in [-0.4, -0.2) is 11.7 Å². The molecule has 1 atom stereocenters. The van der Waals surface area contributed by atoms with Gasteiger partial charge in [0.15, 0.2) is 5.84 Å². The smallest absolute Gasteiger partial charge is 0.159 e. The summed E-state index contributed by atoms with van der Waals surface area (Å²) in [6, 6.07) is 61.6. The van der Waals surface area contributed by atoms with Crippen molar-refractivity contribution in [2.75, 3.05) is 0 Å². The topological polar surface area (TPSA) is 49.9 Å². The molecule has 4 heteroatoms. The van der Waals surface area contributed by atoms with E-state index >= 15 is 0 Å². The Labute approximate surface area is 295 Å². The molecule has 10 rings (SSSR count). The summed E-state index contributed by atoms with van der Waals surface area (Å²) in [5, 5.41) is 10.5. The van der Waals surface area contributed by atoms with Gasteiger partial charge in [-0.2, -0.15) is 0 Å². The van der Waals surface area contributed by atoms with Gasteiger partial charge in [-0.25, -0.2) is 9.98 Å². The minimum Gasteiger partial charge on any atom is -0.455 e. The predicted octanol–water partition coefficient (Wildman–Crippen LogP) is 11.7. The van der Waals surface area contributed by atoms with E-state index in [0.717, 1.165) is 61.0 Å². The van der Waals surface area contributed by atoms with Gasteiger partial charge >= 0.3 is 0 Å². The van der Waals surface area contributed by atoms with Crippen molar-refractivity contribution >= 4 is 55.2 Å². The maximum Gasteiger partial charge on any atom is 0.159 e. The lowest BCUT2D eigenvalue weighted by Gasteiger charge is -2.24. The molecule has 4 nitrogen and oxygen atoms in total. The molecule has 0 fully saturated rings. The Bertz CT molecular complexity index is 2830. The lowest BCUT2D eigenvalue weighted by Crippen LogP contribution is -2.33. The fraction of sp³-hybridized carbons (Fsp3) is 0.0213. The minimum absolute atomic E-state index is 0.408. The number of amidine groups is 2. The summed E-state index contributed by atoms with van der Waals surface area (Å²) < 4.78 is 6.72. The quantitative estimate of drug-likeness (QED) is 0.201. The van der Waals surface area contributed by atoms with E-state index in [1.807, 2.05) is 36.4 Å². The van der Waals surface area contributed by atoms with E-state index in [4.69, 9.17) is 14.4 Å². The molecular formula is C47H31N3O. The average Bonchev–Trinajstić information content (AvgIpc) is 3.60. The molecule has 1 N–H and O–H groups in total. The van der Waals surface area contributed by atoms with Crippen LogP contribution in [-0.2, 0) is 0 Å². The summed E-state index contributed by atoms with van der Waals surface area (Å²) in [4.78, 5) is 10.5. The van der Waals surface area contributed by atoms with E-state index in [2.05, 4.69) is 145 Å².